The lowest BCUT2D eigenvalue weighted by atomic mass is 10.1. The molecule has 2 heterocycles. The van der Waals surface area contributed by atoms with Crippen molar-refractivity contribution in [1.82, 2.24) is 9.55 Å². The number of hydrogen-bond acceptors (Lipinski definition) is 6. The summed E-state index contributed by atoms with van der Waals surface area (Å²) in [5.41, 5.74) is 7.86. The summed E-state index contributed by atoms with van der Waals surface area (Å²) >= 11 is 6.28. The second-order valence-electron chi connectivity index (χ2n) is 5.27. The molecule has 0 bridgehead atoms. The van der Waals surface area contributed by atoms with Crippen LogP contribution in [0.5, 0.6) is 0 Å². The highest BCUT2D eigenvalue weighted by Gasteiger charge is 2.27. The summed E-state index contributed by atoms with van der Waals surface area (Å²) in [6, 6.07) is 11.8. The molecule has 0 radical (unpaired) electrons. The van der Waals surface area contributed by atoms with Gasteiger partial charge in [-0.25, -0.2) is 9.98 Å². The van der Waals surface area contributed by atoms with Crippen molar-refractivity contribution in [2.45, 2.75) is 6.17 Å². The Morgan fingerprint density at radius 1 is 1.29 bits per heavy atom. The van der Waals surface area contributed by atoms with Crippen LogP contribution in [0.2, 0.25) is 5.02 Å². The maximum absolute atomic E-state index is 11.1. The van der Waals surface area contributed by atoms with E-state index in [4.69, 9.17) is 17.3 Å². The topological polar surface area (TPSA) is 111 Å². The summed E-state index contributed by atoms with van der Waals surface area (Å²) in [6.07, 6.45) is -0.638. The molecule has 9 heteroatoms. The molecule has 4 rings (SSSR count). The van der Waals surface area contributed by atoms with Crippen LogP contribution < -0.4 is 11.1 Å². The number of nitro benzene ring substituents is 1. The zero-order chi connectivity index (χ0) is 16.8. The van der Waals surface area contributed by atoms with Crippen molar-refractivity contribution in [2.75, 3.05) is 5.32 Å². The van der Waals surface area contributed by atoms with Crippen LogP contribution in [0.1, 0.15) is 11.7 Å². The first-order valence-electron chi connectivity index (χ1n) is 7.05. The molecule has 0 fully saturated rings. The van der Waals surface area contributed by atoms with Crippen LogP contribution in [-0.4, -0.2) is 20.4 Å². The fraction of sp³-hybridized carbons (Fsp3) is 0.0667. The summed E-state index contributed by atoms with van der Waals surface area (Å²) in [4.78, 5) is 19.5. The first-order chi connectivity index (χ1) is 11.5. The SMILES string of the molecule is NC1=N[C@H](c2cc([N+](=O)[O-])ccc2Cl)n2c(nc3ccccc32)N1. The Balaban J connectivity index is 1.97. The number of benzene rings is 2. The molecule has 8 nitrogen and oxygen atoms in total. The van der Waals surface area contributed by atoms with Crippen molar-refractivity contribution in [3.8, 4) is 0 Å². The molecule has 120 valence electrons. The van der Waals surface area contributed by atoms with E-state index in [9.17, 15) is 10.1 Å². The Bertz CT molecular complexity index is 1010. The number of fused-ring (bicyclic) bond motifs is 3. The number of aromatic nitrogens is 2. The standard InChI is InChI=1S/C15H11ClN6O2/c16-10-6-5-8(22(23)24)7-9(10)13-19-14(17)20-15-18-11-3-1-2-4-12(11)21(13)15/h1-7,13H,(H3,17,18,19,20)/t13-/m0/s1. The van der Waals surface area contributed by atoms with Crippen LogP contribution >= 0.6 is 11.6 Å². The molecule has 0 aliphatic carbocycles. The first kappa shape index (κ1) is 14.5. The number of nitrogens with zero attached hydrogens (tertiary/aromatic N) is 4. The van der Waals surface area contributed by atoms with Gasteiger partial charge in [0.15, 0.2) is 12.1 Å². The van der Waals surface area contributed by atoms with Crippen molar-refractivity contribution in [3.63, 3.8) is 0 Å². The Kier molecular flexibility index (Phi) is 3.14. The second kappa shape index (κ2) is 5.20. The predicted octanol–water partition coefficient (Wildman–Crippen LogP) is 2.89. The Morgan fingerprint density at radius 2 is 2.08 bits per heavy atom. The average molecular weight is 343 g/mol. The van der Waals surface area contributed by atoms with Gasteiger partial charge < -0.3 is 5.73 Å². The van der Waals surface area contributed by atoms with Gasteiger partial charge in [-0.3, -0.25) is 20.0 Å². The normalized spacial score (nSPS) is 16.4. The molecule has 1 aromatic heterocycles. The van der Waals surface area contributed by atoms with Crippen molar-refractivity contribution in [1.29, 1.82) is 0 Å². The molecule has 0 saturated carbocycles. The zero-order valence-electron chi connectivity index (χ0n) is 12.2. The maximum Gasteiger partial charge on any atom is 0.269 e. The molecule has 1 aliphatic heterocycles. The van der Waals surface area contributed by atoms with Gasteiger partial charge in [0.05, 0.1) is 16.0 Å². The molecular weight excluding hydrogens is 332 g/mol. The molecule has 0 saturated heterocycles. The quantitative estimate of drug-likeness (QED) is 0.549. The minimum atomic E-state index is -0.638. The fourth-order valence-corrected chi connectivity index (χ4v) is 2.98. The van der Waals surface area contributed by atoms with Crippen LogP contribution in [-0.2, 0) is 0 Å². The van der Waals surface area contributed by atoms with Gasteiger partial charge in [-0.15, -0.1) is 0 Å². The molecule has 0 unspecified atom stereocenters. The van der Waals surface area contributed by atoms with Gasteiger partial charge in [-0.1, -0.05) is 23.7 Å². The summed E-state index contributed by atoms with van der Waals surface area (Å²) in [6.45, 7) is 0. The highest BCUT2D eigenvalue weighted by molar-refractivity contribution is 6.31. The first-order valence-corrected chi connectivity index (χ1v) is 7.43. The minimum Gasteiger partial charge on any atom is -0.370 e. The van der Waals surface area contributed by atoms with E-state index in [2.05, 4.69) is 15.3 Å². The van der Waals surface area contributed by atoms with Crippen LogP contribution in [0.3, 0.4) is 0 Å². The van der Waals surface area contributed by atoms with Gasteiger partial charge in [0.1, 0.15) is 0 Å². The second-order valence-corrected chi connectivity index (χ2v) is 5.68. The van der Waals surface area contributed by atoms with Gasteiger partial charge >= 0.3 is 0 Å². The lowest BCUT2D eigenvalue weighted by Crippen LogP contribution is -2.31. The van der Waals surface area contributed by atoms with Crippen LogP contribution in [0.25, 0.3) is 11.0 Å². The van der Waals surface area contributed by atoms with Gasteiger partial charge in [0.25, 0.3) is 5.69 Å². The van der Waals surface area contributed by atoms with Gasteiger partial charge in [0, 0.05) is 22.7 Å². The lowest BCUT2D eigenvalue weighted by Gasteiger charge is -2.24. The number of anilines is 1. The predicted molar refractivity (Wildman–Crippen MR) is 91.2 cm³/mol. The van der Waals surface area contributed by atoms with E-state index in [-0.39, 0.29) is 11.6 Å². The van der Waals surface area contributed by atoms with E-state index in [1.165, 1.54) is 18.2 Å². The average Bonchev–Trinajstić information content (AvgIpc) is 2.92. The molecule has 1 aliphatic rings. The third-order valence-corrected chi connectivity index (χ3v) is 4.15. The molecule has 3 N–H and O–H groups in total. The van der Waals surface area contributed by atoms with Crippen molar-refractivity contribution < 1.29 is 4.92 Å². The summed E-state index contributed by atoms with van der Waals surface area (Å²) < 4.78 is 1.82. The van der Waals surface area contributed by atoms with Crippen LogP contribution in [0, 0.1) is 10.1 Å². The number of aliphatic imine (C=N–C) groups is 1. The smallest absolute Gasteiger partial charge is 0.269 e. The zero-order valence-corrected chi connectivity index (χ0v) is 12.9. The number of nitrogens with two attached hydrogens (primary N) is 1. The molecular formula is C15H11ClN6O2. The largest absolute Gasteiger partial charge is 0.370 e. The van der Waals surface area contributed by atoms with E-state index in [0.717, 1.165) is 11.0 Å². The number of halogens is 1. The number of hydrogen-bond donors (Lipinski definition) is 2. The van der Waals surface area contributed by atoms with Gasteiger partial charge in [-0.05, 0) is 18.2 Å². The number of para-hydroxylation sites is 2. The monoisotopic (exact) mass is 342 g/mol. The molecule has 0 spiro atoms. The van der Waals surface area contributed by atoms with Crippen LogP contribution in [0.15, 0.2) is 47.5 Å². The molecule has 1 atom stereocenters. The summed E-state index contributed by atoms with van der Waals surface area (Å²) in [5, 5.41) is 14.4. The van der Waals surface area contributed by atoms with Crippen molar-refractivity contribution >= 4 is 40.2 Å². The number of guanidine groups is 1. The summed E-state index contributed by atoms with van der Waals surface area (Å²) in [7, 11) is 0. The third kappa shape index (κ3) is 2.16. The summed E-state index contributed by atoms with van der Waals surface area (Å²) in [5.74, 6) is 0.682. The van der Waals surface area contributed by atoms with Gasteiger partial charge in [-0.2, -0.15) is 0 Å². The Morgan fingerprint density at radius 3 is 2.88 bits per heavy atom. The highest BCUT2D eigenvalue weighted by Crippen LogP contribution is 2.36. The van der Waals surface area contributed by atoms with Crippen molar-refractivity contribution in [3.05, 3.63) is 63.2 Å². The van der Waals surface area contributed by atoms with E-state index >= 15 is 0 Å². The lowest BCUT2D eigenvalue weighted by molar-refractivity contribution is -0.384. The van der Waals surface area contributed by atoms with E-state index < -0.39 is 11.1 Å². The van der Waals surface area contributed by atoms with Crippen LogP contribution in [0.4, 0.5) is 11.6 Å². The molecule has 0 amide bonds. The molecule has 2 aromatic carbocycles. The molecule has 3 aromatic rings. The van der Waals surface area contributed by atoms with E-state index in [0.29, 0.717) is 16.5 Å². The highest BCUT2D eigenvalue weighted by atomic mass is 35.5. The maximum atomic E-state index is 11.1. The molecule has 24 heavy (non-hydrogen) atoms. The minimum absolute atomic E-state index is 0.0623. The number of rotatable bonds is 2. The Labute approximate surface area is 140 Å². The van der Waals surface area contributed by atoms with E-state index in [1.54, 1.807) is 0 Å². The number of nitrogens with one attached hydrogen (secondary N) is 1. The number of non-ortho nitro benzene ring substituents is 1. The third-order valence-electron chi connectivity index (χ3n) is 3.81. The van der Waals surface area contributed by atoms with E-state index in [1.807, 2.05) is 28.8 Å². The Hall–Kier alpha value is -3.13. The van der Waals surface area contributed by atoms with Crippen molar-refractivity contribution in [2.24, 2.45) is 10.7 Å². The number of nitro groups is 1. The fourth-order valence-electron chi connectivity index (χ4n) is 2.77. The number of imidazole rings is 1. The van der Waals surface area contributed by atoms with Gasteiger partial charge in [0.2, 0.25) is 5.95 Å².